The maximum atomic E-state index is 4.93. The standard InChI is InChI=1S/C7H12O/c1-4-6-7(5-2)8-3/h4,6H,1,5H2,2-3H3/b7-6+. The molecule has 0 aliphatic rings. The molecule has 0 bridgehead atoms. The molecule has 0 aliphatic carbocycles. The fraction of sp³-hybridized carbons (Fsp3) is 0.429. The zero-order valence-electron chi connectivity index (χ0n) is 5.48. The minimum Gasteiger partial charge on any atom is -0.501 e. The molecule has 0 saturated carbocycles. The Morgan fingerprint density at radius 3 is 2.50 bits per heavy atom. The number of hydrogen-bond acceptors (Lipinski definition) is 1. The van der Waals surface area contributed by atoms with Gasteiger partial charge in [-0.05, 0) is 6.08 Å². The minimum absolute atomic E-state index is 0.933. The predicted molar refractivity (Wildman–Crippen MR) is 35.6 cm³/mol. The van der Waals surface area contributed by atoms with Crippen molar-refractivity contribution in [3.8, 4) is 0 Å². The van der Waals surface area contributed by atoms with Crippen molar-refractivity contribution in [3.63, 3.8) is 0 Å². The summed E-state index contributed by atoms with van der Waals surface area (Å²) in [4.78, 5) is 0. The highest BCUT2D eigenvalue weighted by molar-refractivity contribution is 5.03. The van der Waals surface area contributed by atoms with Crippen LogP contribution in [0, 0.1) is 0 Å². The molecule has 46 valence electrons. The third-order valence-electron chi connectivity index (χ3n) is 0.914. The van der Waals surface area contributed by atoms with Gasteiger partial charge in [0, 0.05) is 6.42 Å². The van der Waals surface area contributed by atoms with Crippen LogP contribution < -0.4 is 0 Å². The van der Waals surface area contributed by atoms with E-state index in [1.54, 1.807) is 13.2 Å². The third-order valence-corrected chi connectivity index (χ3v) is 0.914. The number of methoxy groups -OCH3 is 1. The molecule has 0 aromatic carbocycles. The van der Waals surface area contributed by atoms with E-state index in [0.29, 0.717) is 0 Å². The smallest absolute Gasteiger partial charge is 0.0952 e. The highest BCUT2D eigenvalue weighted by Crippen LogP contribution is 1.98. The van der Waals surface area contributed by atoms with E-state index in [9.17, 15) is 0 Å². The Balaban J connectivity index is 3.66. The van der Waals surface area contributed by atoms with Crippen LogP contribution in [0.5, 0.6) is 0 Å². The highest BCUT2D eigenvalue weighted by Gasteiger charge is 1.84. The quantitative estimate of drug-likeness (QED) is 0.401. The minimum atomic E-state index is 0.933. The molecular weight excluding hydrogens is 100 g/mol. The van der Waals surface area contributed by atoms with Crippen LogP contribution in [0.3, 0.4) is 0 Å². The van der Waals surface area contributed by atoms with E-state index in [4.69, 9.17) is 4.74 Å². The van der Waals surface area contributed by atoms with Gasteiger partial charge in [-0.15, -0.1) is 0 Å². The summed E-state index contributed by atoms with van der Waals surface area (Å²) in [6.07, 6.45) is 4.52. The molecule has 1 heteroatoms. The second kappa shape index (κ2) is 4.44. The second-order valence-corrected chi connectivity index (χ2v) is 1.43. The highest BCUT2D eigenvalue weighted by atomic mass is 16.5. The first-order valence-electron chi connectivity index (χ1n) is 2.70. The molecule has 0 aliphatic heterocycles. The maximum Gasteiger partial charge on any atom is 0.0952 e. The van der Waals surface area contributed by atoms with Gasteiger partial charge in [0.15, 0.2) is 0 Å². The first-order chi connectivity index (χ1) is 3.85. The SMILES string of the molecule is C=C/C=C(\CC)OC. The van der Waals surface area contributed by atoms with Crippen molar-refractivity contribution < 1.29 is 4.74 Å². The van der Waals surface area contributed by atoms with Gasteiger partial charge in [-0.2, -0.15) is 0 Å². The summed E-state index contributed by atoms with van der Waals surface area (Å²) < 4.78 is 4.93. The van der Waals surface area contributed by atoms with Crippen molar-refractivity contribution in [2.45, 2.75) is 13.3 Å². The Morgan fingerprint density at radius 1 is 1.75 bits per heavy atom. The summed E-state index contributed by atoms with van der Waals surface area (Å²) in [5.74, 6) is 0.972. The summed E-state index contributed by atoms with van der Waals surface area (Å²) in [6, 6.07) is 0. The van der Waals surface area contributed by atoms with E-state index in [-0.39, 0.29) is 0 Å². The summed E-state index contributed by atoms with van der Waals surface area (Å²) in [5, 5.41) is 0. The first kappa shape index (κ1) is 7.28. The molecule has 8 heavy (non-hydrogen) atoms. The van der Waals surface area contributed by atoms with Crippen LogP contribution in [0.4, 0.5) is 0 Å². The monoisotopic (exact) mass is 112 g/mol. The topological polar surface area (TPSA) is 9.23 Å². The molecule has 0 spiro atoms. The van der Waals surface area contributed by atoms with E-state index in [2.05, 4.69) is 6.58 Å². The molecule has 0 fully saturated rings. The van der Waals surface area contributed by atoms with Crippen LogP contribution in [0.15, 0.2) is 24.5 Å². The fourth-order valence-corrected chi connectivity index (χ4v) is 0.462. The van der Waals surface area contributed by atoms with Gasteiger partial charge in [0.05, 0.1) is 12.9 Å². The van der Waals surface area contributed by atoms with Crippen molar-refractivity contribution in [2.75, 3.05) is 7.11 Å². The van der Waals surface area contributed by atoms with Crippen molar-refractivity contribution in [1.82, 2.24) is 0 Å². The number of hydrogen-bond donors (Lipinski definition) is 0. The zero-order valence-corrected chi connectivity index (χ0v) is 5.48. The number of ether oxygens (including phenoxy) is 1. The lowest BCUT2D eigenvalue weighted by molar-refractivity contribution is 0.281. The molecule has 0 heterocycles. The number of allylic oxidation sites excluding steroid dienone is 3. The molecule has 0 unspecified atom stereocenters. The molecule has 0 N–H and O–H groups in total. The molecule has 0 rings (SSSR count). The van der Waals surface area contributed by atoms with Crippen LogP contribution in [0.2, 0.25) is 0 Å². The average Bonchev–Trinajstić information content (AvgIpc) is 1.83. The van der Waals surface area contributed by atoms with E-state index >= 15 is 0 Å². The molecule has 0 aromatic heterocycles. The van der Waals surface area contributed by atoms with Crippen LogP contribution >= 0.6 is 0 Å². The van der Waals surface area contributed by atoms with E-state index < -0.39 is 0 Å². The van der Waals surface area contributed by atoms with Gasteiger partial charge in [0.25, 0.3) is 0 Å². The maximum absolute atomic E-state index is 4.93. The zero-order chi connectivity index (χ0) is 6.41. The Morgan fingerprint density at radius 2 is 2.38 bits per heavy atom. The van der Waals surface area contributed by atoms with Crippen molar-refractivity contribution in [1.29, 1.82) is 0 Å². The van der Waals surface area contributed by atoms with Crippen molar-refractivity contribution >= 4 is 0 Å². The van der Waals surface area contributed by atoms with E-state index in [1.807, 2.05) is 13.0 Å². The Bertz CT molecular complexity index is 86.6. The van der Waals surface area contributed by atoms with Gasteiger partial charge in [-0.3, -0.25) is 0 Å². The van der Waals surface area contributed by atoms with Crippen LogP contribution in [0.1, 0.15) is 13.3 Å². The Labute approximate surface area is 50.7 Å². The van der Waals surface area contributed by atoms with Gasteiger partial charge in [-0.25, -0.2) is 0 Å². The second-order valence-electron chi connectivity index (χ2n) is 1.43. The predicted octanol–water partition coefficient (Wildman–Crippen LogP) is 2.11. The van der Waals surface area contributed by atoms with Crippen molar-refractivity contribution in [3.05, 3.63) is 24.5 Å². The fourth-order valence-electron chi connectivity index (χ4n) is 0.462. The summed E-state index contributed by atoms with van der Waals surface area (Å²) >= 11 is 0. The first-order valence-corrected chi connectivity index (χ1v) is 2.70. The van der Waals surface area contributed by atoms with Gasteiger partial charge in [-0.1, -0.05) is 19.6 Å². The number of rotatable bonds is 3. The Kier molecular flexibility index (Phi) is 4.04. The lowest BCUT2D eigenvalue weighted by atomic mass is 10.3. The van der Waals surface area contributed by atoms with Gasteiger partial charge in [0.1, 0.15) is 0 Å². The van der Waals surface area contributed by atoms with Crippen LogP contribution in [0.25, 0.3) is 0 Å². The third kappa shape index (κ3) is 2.45. The molecule has 0 saturated heterocycles. The van der Waals surface area contributed by atoms with Crippen LogP contribution in [-0.4, -0.2) is 7.11 Å². The lowest BCUT2D eigenvalue weighted by Crippen LogP contribution is -1.80. The Hall–Kier alpha value is -0.720. The van der Waals surface area contributed by atoms with Crippen molar-refractivity contribution in [2.24, 2.45) is 0 Å². The summed E-state index contributed by atoms with van der Waals surface area (Å²) in [7, 11) is 1.67. The molecule has 0 amide bonds. The van der Waals surface area contributed by atoms with E-state index in [0.717, 1.165) is 12.2 Å². The molecule has 0 radical (unpaired) electrons. The van der Waals surface area contributed by atoms with Gasteiger partial charge < -0.3 is 4.74 Å². The van der Waals surface area contributed by atoms with Gasteiger partial charge >= 0.3 is 0 Å². The molecular formula is C7H12O. The molecule has 0 atom stereocenters. The lowest BCUT2D eigenvalue weighted by Gasteiger charge is -1.98. The van der Waals surface area contributed by atoms with Gasteiger partial charge in [0.2, 0.25) is 0 Å². The largest absolute Gasteiger partial charge is 0.501 e. The molecule has 1 nitrogen and oxygen atoms in total. The summed E-state index contributed by atoms with van der Waals surface area (Å²) in [5.41, 5.74) is 0. The molecule has 0 aromatic rings. The normalized spacial score (nSPS) is 11.0. The summed E-state index contributed by atoms with van der Waals surface area (Å²) in [6.45, 7) is 5.58. The van der Waals surface area contributed by atoms with E-state index in [1.165, 1.54) is 0 Å². The average molecular weight is 112 g/mol. The van der Waals surface area contributed by atoms with Crippen LogP contribution in [-0.2, 0) is 4.74 Å².